The van der Waals surface area contributed by atoms with Gasteiger partial charge in [-0.05, 0) is 12.5 Å². The lowest BCUT2D eigenvalue weighted by molar-refractivity contribution is -0.157. The van der Waals surface area contributed by atoms with Crippen molar-refractivity contribution in [2.75, 3.05) is 27.2 Å². The number of benzene rings is 1. The van der Waals surface area contributed by atoms with E-state index in [1.165, 1.54) is 7.05 Å². The molecule has 1 amide bonds. The monoisotopic (exact) mass is 458 g/mol. The Morgan fingerprint density at radius 2 is 1.96 bits per heavy atom. The molecule has 0 atom stereocenters. The molecule has 9 heteroatoms. The van der Waals surface area contributed by atoms with Crippen molar-refractivity contribution in [3.63, 3.8) is 0 Å². The smallest absolute Gasteiger partial charge is 0.352 e. The molecule has 136 valence electrons. The van der Waals surface area contributed by atoms with E-state index in [0.717, 1.165) is 18.2 Å². The summed E-state index contributed by atoms with van der Waals surface area (Å²) >= 11 is 0. The number of guanidine groups is 1. The average Bonchev–Trinajstić information content (AvgIpc) is 2.45. The zero-order chi connectivity index (χ0) is 17.5. The van der Waals surface area contributed by atoms with E-state index in [1.807, 2.05) is 31.2 Å². The van der Waals surface area contributed by atoms with Gasteiger partial charge in [-0.15, -0.1) is 24.0 Å². The Kier molecular flexibility index (Phi) is 9.71. The third kappa shape index (κ3) is 8.94. The van der Waals surface area contributed by atoms with Crippen LogP contribution in [0.2, 0.25) is 0 Å². The standard InChI is InChI=1S/C15H21F3N4O.HI/c1-11-5-4-6-12(7-11)8-20-14(19-2)21-9-13(23)22(3)10-15(16,17)18;/h4-7H,8-10H2,1-3H3,(H2,19,20,21);1H. The van der Waals surface area contributed by atoms with Crippen LogP contribution in [0.15, 0.2) is 29.3 Å². The molecule has 0 aromatic heterocycles. The lowest BCUT2D eigenvalue weighted by atomic mass is 10.1. The van der Waals surface area contributed by atoms with Crippen LogP contribution in [0.5, 0.6) is 0 Å². The molecule has 0 spiro atoms. The summed E-state index contributed by atoms with van der Waals surface area (Å²) in [6, 6.07) is 7.85. The molecule has 0 aliphatic rings. The van der Waals surface area contributed by atoms with Crippen molar-refractivity contribution in [3.05, 3.63) is 35.4 Å². The number of aliphatic imine (C=N–C) groups is 1. The van der Waals surface area contributed by atoms with Crippen LogP contribution in [-0.4, -0.2) is 50.1 Å². The minimum atomic E-state index is -4.41. The number of alkyl halides is 3. The molecule has 0 fully saturated rings. The normalized spacial score (nSPS) is 11.5. The van der Waals surface area contributed by atoms with Crippen LogP contribution in [-0.2, 0) is 11.3 Å². The second-order valence-corrected chi connectivity index (χ2v) is 5.13. The number of amides is 1. The van der Waals surface area contributed by atoms with Gasteiger partial charge in [-0.3, -0.25) is 9.79 Å². The Hall–Kier alpha value is -1.52. The van der Waals surface area contributed by atoms with Gasteiger partial charge in [0.2, 0.25) is 5.91 Å². The second kappa shape index (κ2) is 10.4. The molecule has 0 bridgehead atoms. The summed E-state index contributed by atoms with van der Waals surface area (Å²) in [5.74, 6) is -0.318. The first-order valence-corrected chi connectivity index (χ1v) is 7.02. The molecule has 0 heterocycles. The lowest BCUT2D eigenvalue weighted by Crippen LogP contribution is -2.45. The van der Waals surface area contributed by atoms with E-state index >= 15 is 0 Å². The van der Waals surface area contributed by atoms with Gasteiger partial charge in [-0.1, -0.05) is 29.8 Å². The zero-order valence-corrected chi connectivity index (χ0v) is 16.1. The molecule has 24 heavy (non-hydrogen) atoms. The van der Waals surface area contributed by atoms with Crippen molar-refractivity contribution in [3.8, 4) is 0 Å². The molecular formula is C15H22F3IN4O. The summed E-state index contributed by atoms with van der Waals surface area (Å²) in [6.07, 6.45) is -4.41. The predicted molar refractivity (Wildman–Crippen MR) is 98.5 cm³/mol. The molecule has 0 aliphatic carbocycles. The number of nitrogens with one attached hydrogen (secondary N) is 2. The van der Waals surface area contributed by atoms with Crippen LogP contribution in [0.1, 0.15) is 11.1 Å². The van der Waals surface area contributed by atoms with Crippen LogP contribution in [0, 0.1) is 6.92 Å². The van der Waals surface area contributed by atoms with Gasteiger partial charge in [0.1, 0.15) is 6.54 Å². The van der Waals surface area contributed by atoms with Gasteiger partial charge in [0, 0.05) is 20.6 Å². The van der Waals surface area contributed by atoms with E-state index in [2.05, 4.69) is 15.6 Å². The Morgan fingerprint density at radius 1 is 1.29 bits per heavy atom. The van der Waals surface area contributed by atoms with E-state index in [-0.39, 0.29) is 30.5 Å². The first kappa shape index (κ1) is 22.5. The molecule has 0 saturated carbocycles. The summed E-state index contributed by atoms with van der Waals surface area (Å²) in [5.41, 5.74) is 2.16. The number of rotatable bonds is 5. The van der Waals surface area contributed by atoms with Crippen molar-refractivity contribution >= 4 is 35.8 Å². The maximum Gasteiger partial charge on any atom is 0.406 e. The number of halogens is 4. The first-order valence-electron chi connectivity index (χ1n) is 7.02. The molecule has 2 N–H and O–H groups in total. The van der Waals surface area contributed by atoms with Crippen molar-refractivity contribution in [2.24, 2.45) is 4.99 Å². The third-order valence-corrected chi connectivity index (χ3v) is 3.02. The van der Waals surface area contributed by atoms with Gasteiger partial charge < -0.3 is 15.5 Å². The van der Waals surface area contributed by atoms with Gasteiger partial charge >= 0.3 is 6.18 Å². The summed E-state index contributed by atoms with van der Waals surface area (Å²) < 4.78 is 36.7. The Morgan fingerprint density at radius 3 is 2.50 bits per heavy atom. The van der Waals surface area contributed by atoms with Gasteiger partial charge in [-0.25, -0.2) is 0 Å². The van der Waals surface area contributed by atoms with Crippen LogP contribution in [0.3, 0.4) is 0 Å². The number of aryl methyl sites for hydroxylation is 1. The number of hydrogen-bond acceptors (Lipinski definition) is 2. The second-order valence-electron chi connectivity index (χ2n) is 5.13. The summed E-state index contributed by atoms with van der Waals surface area (Å²) in [5, 5.41) is 5.70. The first-order chi connectivity index (χ1) is 10.7. The largest absolute Gasteiger partial charge is 0.406 e. The third-order valence-electron chi connectivity index (χ3n) is 3.02. The highest BCUT2D eigenvalue weighted by atomic mass is 127. The summed E-state index contributed by atoms with van der Waals surface area (Å²) in [4.78, 5) is 16.2. The molecule has 1 aromatic carbocycles. The van der Waals surface area contributed by atoms with E-state index in [4.69, 9.17) is 0 Å². The number of likely N-dealkylation sites (N-methyl/N-ethyl adjacent to an activating group) is 1. The van der Waals surface area contributed by atoms with Crippen LogP contribution in [0.4, 0.5) is 13.2 Å². The highest BCUT2D eigenvalue weighted by Gasteiger charge is 2.31. The average molecular weight is 458 g/mol. The number of carbonyl (C=O) groups is 1. The Balaban J connectivity index is 0.00000529. The predicted octanol–water partition coefficient (Wildman–Crippen LogP) is 2.30. The zero-order valence-electron chi connectivity index (χ0n) is 13.8. The van der Waals surface area contributed by atoms with Crippen LogP contribution >= 0.6 is 24.0 Å². The van der Waals surface area contributed by atoms with Crippen molar-refractivity contribution in [1.29, 1.82) is 0 Å². The van der Waals surface area contributed by atoms with Gasteiger partial charge in [0.25, 0.3) is 0 Å². The summed E-state index contributed by atoms with van der Waals surface area (Å²) in [7, 11) is 2.63. The van der Waals surface area contributed by atoms with Crippen LogP contribution in [0.25, 0.3) is 0 Å². The number of carbonyl (C=O) groups excluding carboxylic acids is 1. The SMILES string of the molecule is CN=C(NCC(=O)N(C)CC(F)(F)F)NCc1cccc(C)c1.I. The van der Waals surface area contributed by atoms with E-state index < -0.39 is 18.6 Å². The topological polar surface area (TPSA) is 56.7 Å². The highest BCUT2D eigenvalue weighted by molar-refractivity contribution is 14.0. The number of hydrogen-bond donors (Lipinski definition) is 2. The molecule has 5 nitrogen and oxygen atoms in total. The van der Waals surface area contributed by atoms with Crippen molar-refractivity contribution in [1.82, 2.24) is 15.5 Å². The van der Waals surface area contributed by atoms with Gasteiger partial charge in [-0.2, -0.15) is 13.2 Å². The molecule has 0 unspecified atom stereocenters. The number of nitrogens with zero attached hydrogens (tertiary/aromatic N) is 2. The van der Waals surface area contributed by atoms with Crippen molar-refractivity contribution < 1.29 is 18.0 Å². The molecule has 0 saturated heterocycles. The maximum atomic E-state index is 12.2. The van der Waals surface area contributed by atoms with Crippen LogP contribution < -0.4 is 10.6 Å². The molecule has 1 aromatic rings. The lowest BCUT2D eigenvalue weighted by Gasteiger charge is -2.20. The minimum absolute atomic E-state index is 0. The van der Waals surface area contributed by atoms with E-state index in [0.29, 0.717) is 17.4 Å². The fourth-order valence-corrected chi connectivity index (χ4v) is 1.88. The quantitative estimate of drug-likeness (QED) is 0.405. The highest BCUT2D eigenvalue weighted by Crippen LogP contribution is 2.15. The molecule has 0 radical (unpaired) electrons. The minimum Gasteiger partial charge on any atom is -0.352 e. The molecule has 1 rings (SSSR count). The van der Waals surface area contributed by atoms with Gasteiger partial charge in [0.15, 0.2) is 5.96 Å². The Labute approximate surface area is 156 Å². The van der Waals surface area contributed by atoms with E-state index in [9.17, 15) is 18.0 Å². The van der Waals surface area contributed by atoms with Crippen molar-refractivity contribution in [2.45, 2.75) is 19.6 Å². The van der Waals surface area contributed by atoms with Gasteiger partial charge in [0.05, 0.1) is 6.54 Å². The molecular weight excluding hydrogens is 436 g/mol. The van der Waals surface area contributed by atoms with E-state index in [1.54, 1.807) is 0 Å². The fourth-order valence-electron chi connectivity index (χ4n) is 1.88. The Bertz CT molecular complexity index is 564. The fraction of sp³-hybridized carbons (Fsp3) is 0.467. The summed E-state index contributed by atoms with van der Waals surface area (Å²) in [6.45, 7) is 0.933. The maximum absolute atomic E-state index is 12.2. The molecule has 0 aliphatic heterocycles.